The summed E-state index contributed by atoms with van der Waals surface area (Å²) in [5, 5.41) is 8.70. The molecule has 110 valence electrons. The van der Waals surface area contributed by atoms with Gasteiger partial charge in [-0.15, -0.1) is 0 Å². The van der Waals surface area contributed by atoms with E-state index in [1.807, 2.05) is 38.1 Å². The van der Waals surface area contributed by atoms with Crippen LogP contribution in [0.4, 0.5) is 0 Å². The second kappa shape index (κ2) is 8.76. The zero-order chi connectivity index (χ0) is 14.8. The van der Waals surface area contributed by atoms with Gasteiger partial charge >= 0.3 is 0 Å². The third-order valence-electron chi connectivity index (χ3n) is 3.07. The lowest BCUT2D eigenvalue weighted by atomic mass is 10.1. The summed E-state index contributed by atoms with van der Waals surface area (Å²) in [5.74, 6) is 5.94. The molecule has 0 heterocycles. The Morgan fingerprint density at radius 1 is 1.30 bits per heavy atom. The van der Waals surface area contributed by atoms with Gasteiger partial charge in [-0.05, 0) is 38.0 Å². The van der Waals surface area contributed by atoms with Crippen molar-refractivity contribution in [2.24, 2.45) is 0 Å². The van der Waals surface area contributed by atoms with Crippen molar-refractivity contribution in [3.05, 3.63) is 35.4 Å². The SMILES string of the molecule is COC(C)(C)CCOCc1cccc(C#CCCO)c1. The molecule has 0 bridgehead atoms. The first-order valence-corrected chi connectivity index (χ1v) is 6.89. The van der Waals surface area contributed by atoms with Crippen molar-refractivity contribution in [1.82, 2.24) is 0 Å². The van der Waals surface area contributed by atoms with E-state index < -0.39 is 0 Å². The maximum Gasteiger partial charge on any atom is 0.0717 e. The highest BCUT2D eigenvalue weighted by atomic mass is 16.5. The molecule has 0 aromatic heterocycles. The number of benzene rings is 1. The summed E-state index contributed by atoms with van der Waals surface area (Å²) < 4.78 is 11.0. The van der Waals surface area contributed by atoms with Gasteiger partial charge in [0.2, 0.25) is 0 Å². The lowest BCUT2D eigenvalue weighted by Crippen LogP contribution is -2.24. The highest BCUT2D eigenvalue weighted by Gasteiger charge is 2.15. The predicted octanol–water partition coefficient (Wildman–Crippen LogP) is 2.75. The maximum absolute atomic E-state index is 8.70. The van der Waals surface area contributed by atoms with Gasteiger partial charge in [-0.1, -0.05) is 24.0 Å². The van der Waals surface area contributed by atoms with Gasteiger partial charge in [0.25, 0.3) is 0 Å². The molecule has 0 radical (unpaired) electrons. The lowest BCUT2D eigenvalue weighted by Gasteiger charge is -2.22. The first kappa shape index (κ1) is 16.7. The number of aliphatic hydroxyl groups is 1. The Bertz CT molecular complexity index is 455. The molecule has 0 saturated carbocycles. The average molecular weight is 276 g/mol. The summed E-state index contributed by atoms with van der Waals surface area (Å²) in [4.78, 5) is 0. The molecule has 0 aliphatic carbocycles. The van der Waals surface area contributed by atoms with Crippen LogP contribution in [-0.4, -0.2) is 31.0 Å². The summed E-state index contributed by atoms with van der Waals surface area (Å²) in [6, 6.07) is 7.98. The fraction of sp³-hybridized carbons (Fsp3) is 0.529. The minimum Gasteiger partial charge on any atom is -0.395 e. The highest BCUT2D eigenvalue weighted by Crippen LogP contribution is 2.13. The Balaban J connectivity index is 2.41. The largest absolute Gasteiger partial charge is 0.395 e. The van der Waals surface area contributed by atoms with E-state index in [-0.39, 0.29) is 12.2 Å². The zero-order valence-corrected chi connectivity index (χ0v) is 12.6. The number of rotatable bonds is 7. The van der Waals surface area contributed by atoms with Crippen LogP contribution in [0.1, 0.15) is 37.8 Å². The molecular weight excluding hydrogens is 252 g/mol. The molecule has 0 saturated heterocycles. The second-order valence-corrected chi connectivity index (χ2v) is 5.24. The van der Waals surface area contributed by atoms with Crippen LogP contribution in [-0.2, 0) is 16.1 Å². The van der Waals surface area contributed by atoms with Gasteiger partial charge in [0, 0.05) is 25.7 Å². The molecule has 0 unspecified atom stereocenters. The van der Waals surface area contributed by atoms with Crippen molar-refractivity contribution in [3.63, 3.8) is 0 Å². The molecule has 1 N–H and O–H groups in total. The fourth-order valence-electron chi connectivity index (χ4n) is 1.57. The number of aliphatic hydroxyl groups excluding tert-OH is 1. The van der Waals surface area contributed by atoms with Crippen molar-refractivity contribution in [3.8, 4) is 11.8 Å². The smallest absolute Gasteiger partial charge is 0.0717 e. The minimum absolute atomic E-state index is 0.102. The van der Waals surface area contributed by atoms with E-state index in [2.05, 4.69) is 11.8 Å². The fourth-order valence-corrected chi connectivity index (χ4v) is 1.57. The van der Waals surface area contributed by atoms with Crippen molar-refractivity contribution >= 4 is 0 Å². The van der Waals surface area contributed by atoms with Crippen LogP contribution in [0.15, 0.2) is 24.3 Å². The zero-order valence-electron chi connectivity index (χ0n) is 12.6. The van der Waals surface area contributed by atoms with E-state index >= 15 is 0 Å². The van der Waals surface area contributed by atoms with Gasteiger partial charge in [-0.3, -0.25) is 0 Å². The van der Waals surface area contributed by atoms with Gasteiger partial charge in [0.1, 0.15) is 0 Å². The van der Waals surface area contributed by atoms with Crippen LogP contribution in [0.25, 0.3) is 0 Å². The molecular formula is C17H24O3. The molecule has 0 spiro atoms. The van der Waals surface area contributed by atoms with Crippen LogP contribution in [0.2, 0.25) is 0 Å². The molecule has 0 fully saturated rings. The van der Waals surface area contributed by atoms with Crippen LogP contribution in [0, 0.1) is 11.8 Å². The van der Waals surface area contributed by atoms with E-state index in [9.17, 15) is 0 Å². The third-order valence-corrected chi connectivity index (χ3v) is 3.07. The van der Waals surface area contributed by atoms with E-state index in [0.29, 0.717) is 19.6 Å². The van der Waals surface area contributed by atoms with Crippen LogP contribution < -0.4 is 0 Å². The monoisotopic (exact) mass is 276 g/mol. The first-order chi connectivity index (χ1) is 9.57. The normalized spacial score (nSPS) is 11.0. The topological polar surface area (TPSA) is 38.7 Å². The molecule has 1 rings (SSSR count). The molecule has 0 aliphatic rings. The number of methoxy groups -OCH3 is 1. The molecule has 0 amide bonds. The Morgan fingerprint density at radius 2 is 2.10 bits per heavy atom. The molecule has 0 atom stereocenters. The first-order valence-electron chi connectivity index (χ1n) is 6.89. The van der Waals surface area contributed by atoms with Crippen LogP contribution in [0.5, 0.6) is 0 Å². The van der Waals surface area contributed by atoms with Crippen molar-refractivity contribution in [1.29, 1.82) is 0 Å². The number of ether oxygens (including phenoxy) is 2. The standard InChI is InChI=1S/C17H24O3/c1-17(2,19-3)10-12-20-14-16-9-6-8-15(13-16)7-4-5-11-18/h6,8-9,13,18H,5,10-12,14H2,1-3H3. The summed E-state index contributed by atoms with van der Waals surface area (Å²) in [6.07, 6.45) is 1.37. The lowest BCUT2D eigenvalue weighted by molar-refractivity contribution is -0.0124. The van der Waals surface area contributed by atoms with E-state index in [0.717, 1.165) is 17.5 Å². The Labute approximate surface area is 121 Å². The van der Waals surface area contributed by atoms with Crippen molar-refractivity contribution in [2.45, 2.75) is 38.9 Å². The molecule has 0 aliphatic heterocycles. The van der Waals surface area contributed by atoms with Gasteiger partial charge in [0.05, 0.1) is 18.8 Å². The average Bonchev–Trinajstić information content (AvgIpc) is 2.45. The van der Waals surface area contributed by atoms with Gasteiger partial charge in [-0.2, -0.15) is 0 Å². The van der Waals surface area contributed by atoms with Crippen LogP contribution >= 0.6 is 0 Å². The Morgan fingerprint density at radius 3 is 2.80 bits per heavy atom. The van der Waals surface area contributed by atoms with E-state index in [4.69, 9.17) is 14.6 Å². The summed E-state index contributed by atoms with van der Waals surface area (Å²) >= 11 is 0. The van der Waals surface area contributed by atoms with E-state index in [1.165, 1.54) is 0 Å². The Kier molecular flexibility index (Phi) is 7.32. The summed E-state index contributed by atoms with van der Waals surface area (Å²) in [5.41, 5.74) is 1.92. The van der Waals surface area contributed by atoms with E-state index in [1.54, 1.807) is 7.11 Å². The van der Waals surface area contributed by atoms with Gasteiger partial charge < -0.3 is 14.6 Å². The van der Waals surface area contributed by atoms with Gasteiger partial charge in [0.15, 0.2) is 0 Å². The van der Waals surface area contributed by atoms with Crippen molar-refractivity contribution < 1.29 is 14.6 Å². The van der Waals surface area contributed by atoms with Crippen molar-refractivity contribution in [2.75, 3.05) is 20.3 Å². The quantitative estimate of drug-likeness (QED) is 0.615. The van der Waals surface area contributed by atoms with Gasteiger partial charge in [-0.25, -0.2) is 0 Å². The summed E-state index contributed by atoms with van der Waals surface area (Å²) in [6.45, 7) is 5.45. The molecule has 20 heavy (non-hydrogen) atoms. The molecule has 1 aromatic rings. The Hall–Kier alpha value is -1.34. The minimum atomic E-state index is -0.141. The summed E-state index contributed by atoms with van der Waals surface area (Å²) in [7, 11) is 1.72. The molecule has 3 heteroatoms. The number of hydrogen-bond acceptors (Lipinski definition) is 3. The maximum atomic E-state index is 8.70. The predicted molar refractivity (Wildman–Crippen MR) is 80.4 cm³/mol. The molecule has 1 aromatic carbocycles. The second-order valence-electron chi connectivity index (χ2n) is 5.24. The highest BCUT2D eigenvalue weighted by molar-refractivity contribution is 5.36. The van der Waals surface area contributed by atoms with Crippen LogP contribution in [0.3, 0.4) is 0 Å². The third kappa shape index (κ3) is 6.72. The molecule has 3 nitrogen and oxygen atoms in total. The number of hydrogen-bond donors (Lipinski definition) is 1.